The fourth-order valence-corrected chi connectivity index (χ4v) is 25.4. The van der Waals surface area contributed by atoms with E-state index >= 15 is 0 Å². The predicted octanol–water partition coefficient (Wildman–Crippen LogP) is 19.4. The Kier molecular flexibility index (Phi) is 26.4. The number of hydrogen-bond acceptors (Lipinski definition) is 25. The summed E-state index contributed by atoms with van der Waals surface area (Å²) in [6.45, 7) is 28.1. The Balaban J connectivity index is 0.000000141. The summed E-state index contributed by atoms with van der Waals surface area (Å²) in [6.07, 6.45) is 19.4. The van der Waals surface area contributed by atoms with Gasteiger partial charge in [0.1, 0.15) is 53.7 Å². The van der Waals surface area contributed by atoms with Crippen LogP contribution in [0.5, 0.6) is 17.2 Å². The maximum atomic E-state index is 13.4. The minimum atomic E-state index is -2.82. The van der Waals surface area contributed by atoms with Gasteiger partial charge in [0.2, 0.25) is 17.8 Å². The number of aromatic nitrogens is 8. The zero-order chi connectivity index (χ0) is 90.8. The average Bonchev–Trinajstić information content (AvgIpc) is 1.58. The second-order valence-electron chi connectivity index (χ2n) is 37.3. The number of nitrogens with zero attached hydrogens (tertiary/aromatic N) is 14. The maximum absolute atomic E-state index is 13.4. The van der Waals surface area contributed by atoms with Crippen molar-refractivity contribution in [1.82, 2.24) is 53.7 Å². The predicted molar refractivity (Wildman–Crippen MR) is 530 cm³/mol. The molecule has 6 aromatic carbocycles. The van der Waals surface area contributed by atoms with E-state index in [2.05, 4.69) is 140 Å². The summed E-state index contributed by atoms with van der Waals surface area (Å²) in [7, 11) is 7.41. The van der Waals surface area contributed by atoms with Crippen LogP contribution in [0.15, 0.2) is 116 Å². The number of aryl methyl sites for hydroxylation is 5. The van der Waals surface area contributed by atoms with Crippen molar-refractivity contribution < 1.29 is 32.7 Å². The number of rotatable bonds is 21. The van der Waals surface area contributed by atoms with E-state index in [0.717, 1.165) is 117 Å². The Morgan fingerprint density at radius 3 is 1.23 bits per heavy atom. The Bertz CT molecular complexity index is 6220. The summed E-state index contributed by atoms with van der Waals surface area (Å²) in [5.41, 5.74) is 14.7. The van der Waals surface area contributed by atoms with Crippen molar-refractivity contribution in [3.8, 4) is 17.2 Å². The maximum Gasteiger partial charge on any atom is 0.229 e. The third-order valence-electron chi connectivity index (χ3n) is 26.8. The molecule has 0 bridgehead atoms. The highest BCUT2D eigenvalue weighted by atomic mass is 35.5. The van der Waals surface area contributed by atoms with Gasteiger partial charge in [0.25, 0.3) is 0 Å². The lowest BCUT2D eigenvalue weighted by Gasteiger charge is -2.53. The molecule has 6 aliphatic heterocycles. The van der Waals surface area contributed by atoms with Crippen molar-refractivity contribution in [2.75, 3.05) is 208 Å². The van der Waals surface area contributed by atoms with E-state index in [-0.39, 0.29) is 16.8 Å². The lowest BCUT2D eigenvalue weighted by atomic mass is 9.71. The Morgan fingerprint density at radius 2 is 0.789 bits per heavy atom. The van der Waals surface area contributed by atoms with Crippen LogP contribution < -0.4 is 76.7 Å². The highest BCUT2D eigenvalue weighted by Crippen LogP contribution is 2.51. The third-order valence-corrected chi connectivity index (χ3v) is 32.6. The number of carbonyl (C=O) groups excluding carboxylic acids is 1. The molecule has 0 atom stereocenters. The number of hydrogen-bond donors (Lipinski definition) is 6. The van der Waals surface area contributed by atoms with Crippen LogP contribution in [0.1, 0.15) is 84.8 Å². The molecule has 5 aromatic heterocycles. The second kappa shape index (κ2) is 36.8. The van der Waals surface area contributed by atoms with Gasteiger partial charge in [-0.25, -0.2) is 15.0 Å². The third kappa shape index (κ3) is 19.4. The number of fused-ring (bicyclic) bond motifs is 3. The first-order valence-corrected chi connectivity index (χ1v) is 53.0. The molecule has 0 amide bonds. The molecule has 7 aliphatic rings. The van der Waals surface area contributed by atoms with Gasteiger partial charge in [0.15, 0.2) is 23.2 Å². The van der Waals surface area contributed by atoms with E-state index in [1.807, 2.05) is 96.3 Å². The zero-order valence-electron chi connectivity index (χ0n) is 76.0. The average molecular weight is 1870 g/mol. The minimum absolute atomic E-state index is 0.0111. The van der Waals surface area contributed by atoms with Gasteiger partial charge in [-0.15, -0.1) is 0 Å². The van der Waals surface area contributed by atoms with Crippen LogP contribution in [0.2, 0.25) is 20.1 Å². The van der Waals surface area contributed by atoms with E-state index in [1.165, 1.54) is 108 Å². The molecule has 11 heterocycles. The summed E-state index contributed by atoms with van der Waals surface area (Å²) in [5, 5.41) is 25.5. The molecule has 0 radical (unpaired) electrons. The molecular formula is C94H117Cl4N20O7P3. The molecule has 34 heteroatoms. The van der Waals surface area contributed by atoms with Gasteiger partial charge in [0, 0.05) is 160 Å². The number of ketones is 1. The molecule has 678 valence electrons. The van der Waals surface area contributed by atoms with E-state index in [9.17, 15) is 18.5 Å². The lowest BCUT2D eigenvalue weighted by molar-refractivity contribution is 0.00124. The quantitative estimate of drug-likeness (QED) is 0.0365. The van der Waals surface area contributed by atoms with Crippen molar-refractivity contribution in [3.05, 3.63) is 158 Å². The van der Waals surface area contributed by atoms with Crippen molar-refractivity contribution in [3.63, 3.8) is 0 Å². The number of anilines is 15. The number of benzene rings is 6. The minimum Gasteiger partial charge on any atom is -0.494 e. The van der Waals surface area contributed by atoms with Crippen LogP contribution in [0.25, 0.3) is 21.8 Å². The van der Waals surface area contributed by atoms with E-state index in [0.29, 0.717) is 113 Å². The SMILES string of the molecule is COc1cc(N2CCC3(CC2)CN(C)C3)c(C)cc1Nc1ncc(Cl)c(Nc2ccc3c(ccn3C)c2P(C)(C)=O)n1.COc1cc(N2CCC3(CC2)CN(C)C3)c(C)cc1Nc1ncc(Cl)c(Nc2ccc3ccn(C)c3c2P(C)(C)=O)n1.COc1cc(N2CCC3(CCN(C)CC3)CC2)c(Cl)cc1Nc1ncc(Cl)c(Nc2ccc3c(c2P(C)(C)=O)C(=O)CC3)n1. The monoisotopic (exact) mass is 1870 g/mol. The highest BCUT2D eigenvalue weighted by molar-refractivity contribution is 7.71. The number of methoxy groups -OCH3 is 3. The molecule has 128 heavy (non-hydrogen) atoms. The Morgan fingerprint density at radius 1 is 0.398 bits per heavy atom. The van der Waals surface area contributed by atoms with Crippen molar-refractivity contribution in [2.45, 2.75) is 78.1 Å². The van der Waals surface area contributed by atoms with Crippen molar-refractivity contribution in [1.29, 1.82) is 0 Å². The van der Waals surface area contributed by atoms with Gasteiger partial charge < -0.3 is 98.3 Å². The van der Waals surface area contributed by atoms with Gasteiger partial charge in [-0.1, -0.05) is 58.5 Å². The summed E-state index contributed by atoms with van der Waals surface area (Å²) in [4.78, 5) is 54.5. The molecule has 27 nitrogen and oxygen atoms in total. The standard InChI is InChI=1S/C32H39Cl2N6O3P.2C31H39ClN7O2P/c1-39-13-9-32(10-14-39)11-15-40(16-12-32)25-18-27(43-2)24(17-21(25)33)37-31-35-19-22(34)30(38-31)36-23-7-5-20-6-8-26(41)28(20)29(23)44(3,4)42;1-20-15-24(27(41-4)16-26(20)39-13-10-31(11-14-39)18-37(2)19-31)35-30-33-17-22(32)29(36-30)34-23-7-8-25-21(9-12-38(25)3)28(23)42(5,6)40;1-20-15-24(26(41-4)16-25(20)39-13-10-31(11-14-39)18-37(2)19-31)35-30-33-17-22(32)29(36-30)34-23-8-7-21-9-12-38(3)27(21)28(23)42(5,6)40/h5,7,17-19H,6,8-16H2,1-4H3,(H2,35,36,37,38);2*7-9,12,15-17H,10-11,13-14,18-19H2,1-6H3,(H2,33,34,35,36). The zero-order valence-corrected chi connectivity index (χ0v) is 81.7. The molecule has 6 fully saturated rings. The number of piperidine rings is 4. The van der Waals surface area contributed by atoms with Crippen LogP contribution in [-0.4, -0.2) is 221 Å². The molecule has 0 unspecified atom stereocenters. The number of halogens is 4. The smallest absolute Gasteiger partial charge is 0.229 e. The lowest BCUT2D eigenvalue weighted by Crippen LogP contribution is -2.58. The van der Waals surface area contributed by atoms with Gasteiger partial charge in [-0.3, -0.25) is 4.79 Å². The normalized spacial score (nSPS) is 17.5. The molecule has 6 saturated heterocycles. The molecule has 18 rings (SSSR count). The Labute approximate surface area is 770 Å². The summed E-state index contributed by atoms with van der Waals surface area (Å²) in [6, 6.07) is 27.9. The van der Waals surface area contributed by atoms with E-state index < -0.39 is 21.4 Å². The fourth-order valence-electron chi connectivity index (χ4n) is 20.2. The van der Waals surface area contributed by atoms with Gasteiger partial charge >= 0.3 is 0 Å². The molecule has 11 aromatic rings. The highest BCUT2D eigenvalue weighted by Gasteiger charge is 2.46. The van der Waals surface area contributed by atoms with Crippen molar-refractivity contribution in [2.24, 2.45) is 30.3 Å². The fraction of sp³-hybridized carbons (Fsp3) is 0.436. The van der Waals surface area contributed by atoms with Crippen LogP contribution in [0.4, 0.5) is 86.5 Å². The number of nitrogens with one attached hydrogen (secondary N) is 6. The molecule has 3 spiro atoms. The van der Waals surface area contributed by atoms with Crippen molar-refractivity contribution >= 4 is 198 Å². The number of likely N-dealkylation sites (tertiary alicyclic amines) is 3. The summed E-state index contributed by atoms with van der Waals surface area (Å²) in [5.74, 6) is 4.27. The Hall–Kier alpha value is -9.36. The molecule has 0 saturated carbocycles. The number of Topliss-reactive ketones (excluding diaryl/α,β-unsaturated/α-hetero) is 1. The first-order chi connectivity index (χ1) is 60.9. The molecule has 1 aliphatic carbocycles. The topological polar surface area (TPSA) is 275 Å². The van der Waals surface area contributed by atoms with Gasteiger partial charge in [-0.2, -0.15) is 15.0 Å². The summed E-state index contributed by atoms with van der Waals surface area (Å²) < 4.78 is 61.6. The van der Waals surface area contributed by atoms with Crippen LogP contribution in [-0.2, 0) is 34.2 Å². The van der Waals surface area contributed by atoms with Gasteiger partial charge in [-0.05, 0) is 233 Å². The van der Waals surface area contributed by atoms with Crippen LogP contribution in [0, 0.1) is 30.1 Å². The van der Waals surface area contributed by atoms with Crippen LogP contribution in [0.3, 0.4) is 0 Å². The first kappa shape index (κ1) is 91.9. The molecular weight excluding hydrogens is 1760 g/mol. The van der Waals surface area contributed by atoms with Gasteiger partial charge in [0.05, 0.1) is 95.6 Å². The van der Waals surface area contributed by atoms with E-state index in [1.54, 1.807) is 73.7 Å². The van der Waals surface area contributed by atoms with Crippen LogP contribution >= 0.6 is 67.8 Å². The largest absolute Gasteiger partial charge is 0.494 e. The molecule has 6 N–H and O–H groups in total. The summed E-state index contributed by atoms with van der Waals surface area (Å²) >= 11 is 26.5. The number of ether oxygens (including phenoxy) is 3. The number of carbonyl (C=O) groups is 1. The van der Waals surface area contributed by atoms with E-state index in [4.69, 9.17) is 70.6 Å². The second-order valence-corrected chi connectivity index (χ2v) is 48.4. The first-order valence-electron chi connectivity index (χ1n) is 43.7.